The quantitative estimate of drug-likeness (QED) is 0.876. The van der Waals surface area contributed by atoms with E-state index in [0.717, 1.165) is 18.4 Å². The first kappa shape index (κ1) is 16.9. The summed E-state index contributed by atoms with van der Waals surface area (Å²) in [6, 6.07) is 6.84. The Morgan fingerprint density at radius 2 is 2.20 bits per heavy atom. The normalized spacial score (nSPS) is 15.3. The van der Waals surface area contributed by atoms with Crippen LogP contribution in [0.1, 0.15) is 25.3 Å². The maximum absolute atomic E-state index is 13.2. The molecule has 0 aromatic heterocycles. The van der Waals surface area contributed by atoms with E-state index >= 15 is 0 Å². The van der Waals surface area contributed by atoms with Crippen molar-refractivity contribution in [2.75, 3.05) is 13.6 Å². The summed E-state index contributed by atoms with van der Waals surface area (Å²) in [5.74, 6) is -0.135. The molecule has 20 heavy (non-hydrogen) atoms. The predicted octanol–water partition coefficient (Wildman–Crippen LogP) is 2.59. The highest BCUT2D eigenvalue weighted by Gasteiger charge is 2.34. The summed E-state index contributed by atoms with van der Waals surface area (Å²) in [5, 5.41) is 3.03. The number of hydrogen-bond donors (Lipinski definition) is 1. The van der Waals surface area contributed by atoms with Crippen LogP contribution in [0.3, 0.4) is 0 Å². The number of amides is 1. The van der Waals surface area contributed by atoms with E-state index in [-0.39, 0.29) is 30.0 Å². The molecule has 0 heterocycles. The van der Waals surface area contributed by atoms with Crippen molar-refractivity contribution in [1.82, 2.24) is 10.2 Å². The lowest BCUT2D eigenvalue weighted by molar-refractivity contribution is -0.136. The molecule has 1 saturated carbocycles. The molecule has 0 spiro atoms. The maximum atomic E-state index is 13.2. The van der Waals surface area contributed by atoms with Gasteiger partial charge < -0.3 is 10.2 Å². The molecule has 1 aromatic carbocycles. The summed E-state index contributed by atoms with van der Waals surface area (Å²) in [7, 11) is 1.85. The molecule has 1 atom stereocenters. The zero-order chi connectivity index (χ0) is 13.8. The predicted molar refractivity (Wildman–Crippen MR) is 80.3 cm³/mol. The van der Waals surface area contributed by atoms with E-state index in [2.05, 4.69) is 5.32 Å². The zero-order valence-electron chi connectivity index (χ0n) is 11.9. The summed E-state index contributed by atoms with van der Waals surface area (Å²) >= 11 is 0. The van der Waals surface area contributed by atoms with Crippen LogP contribution in [0.4, 0.5) is 4.39 Å². The molecule has 1 aliphatic rings. The zero-order valence-corrected chi connectivity index (χ0v) is 12.8. The fourth-order valence-corrected chi connectivity index (χ4v) is 2.28. The van der Waals surface area contributed by atoms with E-state index in [9.17, 15) is 9.18 Å². The number of benzene rings is 1. The van der Waals surface area contributed by atoms with Gasteiger partial charge >= 0.3 is 0 Å². The third-order valence-electron chi connectivity index (χ3n) is 3.44. The fourth-order valence-electron chi connectivity index (χ4n) is 2.28. The van der Waals surface area contributed by atoms with Crippen LogP contribution < -0.4 is 5.32 Å². The highest BCUT2D eigenvalue weighted by atomic mass is 35.5. The molecule has 0 radical (unpaired) electrons. The van der Waals surface area contributed by atoms with E-state index in [0.29, 0.717) is 19.1 Å². The van der Waals surface area contributed by atoms with Crippen molar-refractivity contribution in [2.45, 2.75) is 32.4 Å². The standard InChI is InChI=1S/C15H21FN2O.ClH/c1-11(9-17-2)15(19)18(14-6-7-14)10-12-4-3-5-13(16)8-12;/h3-5,8,11,14,17H,6-7,9-10H2,1-2H3;1H. The van der Waals surface area contributed by atoms with Gasteiger partial charge in [-0.3, -0.25) is 4.79 Å². The topological polar surface area (TPSA) is 32.3 Å². The van der Waals surface area contributed by atoms with Gasteiger partial charge in [-0.2, -0.15) is 0 Å². The van der Waals surface area contributed by atoms with Crippen molar-refractivity contribution < 1.29 is 9.18 Å². The smallest absolute Gasteiger partial charge is 0.227 e. The minimum absolute atomic E-state index is 0. The first-order chi connectivity index (χ1) is 9.11. The number of hydrogen-bond acceptors (Lipinski definition) is 2. The van der Waals surface area contributed by atoms with E-state index in [1.165, 1.54) is 12.1 Å². The van der Waals surface area contributed by atoms with Gasteiger partial charge in [-0.25, -0.2) is 4.39 Å². The van der Waals surface area contributed by atoms with Crippen LogP contribution in [-0.4, -0.2) is 30.4 Å². The molecular weight excluding hydrogens is 279 g/mol. The second kappa shape index (κ2) is 7.60. The first-order valence-corrected chi connectivity index (χ1v) is 6.81. The molecule has 0 saturated heterocycles. The Morgan fingerprint density at radius 3 is 2.75 bits per heavy atom. The molecular formula is C15H22ClFN2O. The second-order valence-electron chi connectivity index (χ2n) is 5.29. The van der Waals surface area contributed by atoms with Crippen LogP contribution in [0, 0.1) is 11.7 Å². The minimum Gasteiger partial charge on any atom is -0.335 e. The van der Waals surface area contributed by atoms with Gasteiger partial charge in [0.2, 0.25) is 5.91 Å². The number of halogens is 2. The van der Waals surface area contributed by atoms with Gasteiger partial charge in [0, 0.05) is 25.0 Å². The van der Waals surface area contributed by atoms with Crippen molar-refractivity contribution in [3.63, 3.8) is 0 Å². The lowest BCUT2D eigenvalue weighted by Gasteiger charge is -2.26. The highest BCUT2D eigenvalue weighted by molar-refractivity contribution is 5.85. The number of nitrogens with one attached hydrogen (secondary N) is 1. The van der Waals surface area contributed by atoms with Gasteiger partial charge in [0.15, 0.2) is 0 Å². The Hall–Kier alpha value is -1.13. The fraction of sp³-hybridized carbons (Fsp3) is 0.533. The molecule has 1 unspecified atom stereocenters. The first-order valence-electron chi connectivity index (χ1n) is 6.81. The SMILES string of the molecule is CNCC(C)C(=O)N(Cc1cccc(F)c1)C1CC1.Cl. The third kappa shape index (κ3) is 4.46. The molecule has 2 rings (SSSR count). The van der Waals surface area contributed by atoms with Crippen LogP contribution in [0.15, 0.2) is 24.3 Å². The summed E-state index contributed by atoms with van der Waals surface area (Å²) < 4.78 is 13.2. The molecule has 1 amide bonds. The van der Waals surface area contributed by atoms with Crippen molar-refractivity contribution >= 4 is 18.3 Å². The summed E-state index contributed by atoms with van der Waals surface area (Å²) in [4.78, 5) is 14.3. The van der Waals surface area contributed by atoms with Crippen LogP contribution in [0.2, 0.25) is 0 Å². The Kier molecular flexibility index (Phi) is 6.43. The number of carbonyl (C=O) groups is 1. The summed E-state index contributed by atoms with van der Waals surface area (Å²) in [6.45, 7) is 3.11. The second-order valence-corrected chi connectivity index (χ2v) is 5.29. The monoisotopic (exact) mass is 300 g/mol. The summed E-state index contributed by atoms with van der Waals surface area (Å²) in [5.41, 5.74) is 0.858. The average Bonchev–Trinajstić information content (AvgIpc) is 3.20. The van der Waals surface area contributed by atoms with Gasteiger partial charge in [0.25, 0.3) is 0 Å². The molecule has 1 fully saturated rings. The van der Waals surface area contributed by atoms with Gasteiger partial charge in [0.1, 0.15) is 5.82 Å². The largest absolute Gasteiger partial charge is 0.335 e. The molecule has 112 valence electrons. The van der Waals surface area contributed by atoms with Crippen LogP contribution in [0.25, 0.3) is 0 Å². The Bertz CT molecular complexity index is 451. The van der Waals surface area contributed by atoms with E-state index in [1.807, 2.05) is 24.9 Å². The van der Waals surface area contributed by atoms with Gasteiger partial charge in [-0.15, -0.1) is 12.4 Å². The van der Waals surface area contributed by atoms with Gasteiger partial charge in [0.05, 0.1) is 0 Å². The maximum Gasteiger partial charge on any atom is 0.227 e. The van der Waals surface area contributed by atoms with Gasteiger partial charge in [-0.1, -0.05) is 19.1 Å². The Morgan fingerprint density at radius 1 is 1.50 bits per heavy atom. The number of carbonyl (C=O) groups excluding carboxylic acids is 1. The van der Waals surface area contributed by atoms with Crippen LogP contribution in [-0.2, 0) is 11.3 Å². The van der Waals surface area contributed by atoms with Crippen LogP contribution in [0.5, 0.6) is 0 Å². The lowest BCUT2D eigenvalue weighted by atomic mass is 10.1. The number of rotatable bonds is 6. The molecule has 0 aliphatic heterocycles. The highest BCUT2D eigenvalue weighted by Crippen LogP contribution is 2.29. The van der Waals surface area contributed by atoms with Crippen molar-refractivity contribution in [3.05, 3.63) is 35.6 Å². The van der Waals surface area contributed by atoms with E-state index < -0.39 is 0 Å². The summed E-state index contributed by atoms with van der Waals surface area (Å²) in [6.07, 6.45) is 2.13. The van der Waals surface area contributed by atoms with Gasteiger partial charge in [-0.05, 0) is 37.6 Å². The number of nitrogens with zero attached hydrogens (tertiary/aromatic N) is 1. The molecule has 1 N–H and O–H groups in total. The minimum atomic E-state index is -0.246. The molecule has 0 bridgehead atoms. The van der Waals surface area contributed by atoms with Crippen molar-refractivity contribution in [2.24, 2.45) is 5.92 Å². The third-order valence-corrected chi connectivity index (χ3v) is 3.44. The van der Waals surface area contributed by atoms with Crippen LogP contribution >= 0.6 is 12.4 Å². The lowest BCUT2D eigenvalue weighted by Crippen LogP contribution is -2.39. The molecule has 1 aliphatic carbocycles. The Labute approximate surface area is 125 Å². The molecule has 1 aromatic rings. The van der Waals surface area contributed by atoms with E-state index in [4.69, 9.17) is 0 Å². The molecule has 5 heteroatoms. The van der Waals surface area contributed by atoms with Crippen molar-refractivity contribution in [3.8, 4) is 0 Å². The Balaban J connectivity index is 0.00000200. The molecule has 3 nitrogen and oxygen atoms in total. The van der Waals surface area contributed by atoms with E-state index in [1.54, 1.807) is 6.07 Å². The van der Waals surface area contributed by atoms with Crippen molar-refractivity contribution in [1.29, 1.82) is 0 Å². The average molecular weight is 301 g/mol.